The largest absolute Gasteiger partial charge is 0.385 e. The number of rotatable bonds is 11. The summed E-state index contributed by atoms with van der Waals surface area (Å²) in [6, 6.07) is 21.9. The van der Waals surface area contributed by atoms with E-state index in [1.165, 1.54) is 19.8 Å². The van der Waals surface area contributed by atoms with Crippen LogP contribution in [0.15, 0.2) is 101 Å². The average molecular weight is 878 g/mol. The third-order valence-corrected chi connectivity index (χ3v) is 13.0. The number of hydrogen-bond donors (Lipinski definition) is 4. The number of imide groups is 1. The van der Waals surface area contributed by atoms with Gasteiger partial charge in [-0.3, -0.25) is 43.1 Å². The summed E-state index contributed by atoms with van der Waals surface area (Å²) in [5.41, 5.74) is 6.55. The fraction of sp³-hybridized carbons (Fsp3) is 0.304. The Balaban J connectivity index is 0.702. The van der Waals surface area contributed by atoms with Crippen molar-refractivity contribution in [1.82, 2.24) is 48.8 Å². The van der Waals surface area contributed by atoms with Crippen LogP contribution in [-0.4, -0.2) is 101 Å². The summed E-state index contributed by atoms with van der Waals surface area (Å²) >= 11 is 0. The van der Waals surface area contributed by atoms with E-state index >= 15 is 0 Å². The van der Waals surface area contributed by atoms with Crippen molar-refractivity contribution in [2.45, 2.75) is 44.1 Å². The third kappa shape index (κ3) is 7.07. The van der Waals surface area contributed by atoms with Crippen molar-refractivity contribution in [1.29, 1.82) is 0 Å². The molecule has 0 bridgehead atoms. The first kappa shape index (κ1) is 40.1. The molecule has 3 saturated heterocycles. The van der Waals surface area contributed by atoms with Gasteiger partial charge in [0.2, 0.25) is 11.8 Å². The van der Waals surface area contributed by atoms with Gasteiger partial charge in [-0.05, 0) is 65.6 Å². The first-order valence-corrected chi connectivity index (χ1v) is 21.5. The summed E-state index contributed by atoms with van der Waals surface area (Å²) in [6.07, 6.45) is 4.57. The Labute approximate surface area is 369 Å². The molecule has 2 aromatic carbocycles. The lowest BCUT2D eigenvalue weighted by Gasteiger charge is -2.61. The van der Waals surface area contributed by atoms with Crippen LogP contribution in [0.5, 0.6) is 0 Å². The molecule has 1 unspecified atom stereocenters. The lowest BCUT2D eigenvalue weighted by atomic mass is 9.72. The van der Waals surface area contributed by atoms with Gasteiger partial charge in [0.15, 0.2) is 17.2 Å². The highest BCUT2D eigenvalue weighted by Crippen LogP contribution is 2.43. The van der Waals surface area contributed by atoms with E-state index in [9.17, 15) is 28.4 Å². The number of alkyl halides is 1. The van der Waals surface area contributed by atoms with Gasteiger partial charge in [-0.1, -0.05) is 24.3 Å². The zero-order valence-electron chi connectivity index (χ0n) is 35.5. The van der Waals surface area contributed by atoms with Crippen LogP contribution < -0.4 is 37.4 Å². The van der Waals surface area contributed by atoms with Gasteiger partial charge in [0.25, 0.3) is 11.5 Å². The van der Waals surface area contributed by atoms with Gasteiger partial charge in [-0.15, -0.1) is 5.10 Å². The van der Waals surface area contributed by atoms with Crippen molar-refractivity contribution >= 4 is 57.3 Å². The standard InChI is InChI=1S/C46H44FN13O5/c1-48-33-18-38(54-60-37(20-50-41(33)60)43(63)52-32-17-30(32)47)51-31-4-3-15-58(44(31)64)39-13-5-26(19-49-39)21-56-22-46(23-56)24-57(25-46)29-9-6-27(7-10-29)28-8-11-34-36(16-28)55(2)45(65)59(34)35-12-14-40(61)53-42(35)62/h3-11,13,15-16,18-20,30,32,35,48H,12,14,17,21-25H2,1-2H3,(H,51,54)(H,52,63)(H,53,61,62)/t30-,32+,35?/m0/s1. The number of benzene rings is 2. The van der Waals surface area contributed by atoms with Gasteiger partial charge >= 0.3 is 5.69 Å². The monoisotopic (exact) mass is 877 g/mol. The minimum atomic E-state index is -1.05. The highest BCUT2D eigenvalue weighted by atomic mass is 19.1. The van der Waals surface area contributed by atoms with E-state index in [0.717, 1.165) is 60.6 Å². The quantitative estimate of drug-likeness (QED) is 0.138. The molecule has 3 amide bonds. The molecule has 1 aliphatic carbocycles. The smallest absolute Gasteiger partial charge is 0.329 e. The molecule has 8 heterocycles. The van der Waals surface area contributed by atoms with Crippen LogP contribution in [0.3, 0.4) is 0 Å². The zero-order valence-corrected chi connectivity index (χ0v) is 35.5. The van der Waals surface area contributed by atoms with Crippen molar-refractivity contribution in [2.75, 3.05) is 48.8 Å². The molecule has 5 aromatic heterocycles. The fourth-order valence-corrected chi connectivity index (χ4v) is 9.54. The summed E-state index contributed by atoms with van der Waals surface area (Å²) in [7, 11) is 3.41. The number of pyridine rings is 2. The molecule has 330 valence electrons. The molecular weight excluding hydrogens is 834 g/mol. The van der Waals surface area contributed by atoms with Crippen LogP contribution in [0.1, 0.15) is 41.4 Å². The number of piperidine rings is 1. The maximum absolute atomic E-state index is 13.7. The number of aryl methyl sites for hydroxylation is 1. The highest BCUT2D eigenvalue weighted by Gasteiger charge is 2.51. The van der Waals surface area contributed by atoms with Crippen molar-refractivity contribution in [3.63, 3.8) is 0 Å². The number of fused-ring (bicyclic) bond motifs is 2. The minimum Gasteiger partial charge on any atom is -0.385 e. The van der Waals surface area contributed by atoms with Crippen LogP contribution in [0.2, 0.25) is 0 Å². The van der Waals surface area contributed by atoms with E-state index in [0.29, 0.717) is 34.9 Å². The van der Waals surface area contributed by atoms with Crippen molar-refractivity contribution in [2.24, 2.45) is 12.5 Å². The first-order valence-electron chi connectivity index (χ1n) is 21.5. The van der Waals surface area contributed by atoms with Crippen molar-refractivity contribution in [3.05, 3.63) is 123 Å². The van der Waals surface area contributed by atoms with E-state index in [-0.39, 0.29) is 46.8 Å². The molecule has 0 radical (unpaired) electrons. The number of nitrogens with zero attached hydrogens (tertiary/aromatic N) is 9. The molecular formula is C46H44FN13O5. The van der Waals surface area contributed by atoms with E-state index in [1.54, 1.807) is 49.3 Å². The number of hydrogen-bond acceptors (Lipinski definition) is 12. The van der Waals surface area contributed by atoms with Gasteiger partial charge in [-0.2, -0.15) is 0 Å². The molecule has 7 aromatic rings. The summed E-state index contributed by atoms with van der Waals surface area (Å²) < 4.78 is 19.4. The molecule has 3 atom stereocenters. The van der Waals surface area contributed by atoms with E-state index in [4.69, 9.17) is 0 Å². The van der Waals surface area contributed by atoms with Gasteiger partial charge in [0.1, 0.15) is 23.7 Å². The molecule has 19 heteroatoms. The number of nitrogens with one attached hydrogen (secondary N) is 4. The summed E-state index contributed by atoms with van der Waals surface area (Å²) in [4.78, 5) is 77.9. The number of likely N-dealkylation sites (tertiary alicyclic amines) is 1. The second-order valence-corrected chi connectivity index (χ2v) is 17.6. The Hall–Kier alpha value is -7.67. The molecule has 11 rings (SSSR count). The lowest BCUT2D eigenvalue weighted by Crippen LogP contribution is -2.71. The summed E-state index contributed by atoms with van der Waals surface area (Å²) in [5, 5.41) is 15.7. The topological polar surface area (TPSA) is 198 Å². The summed E-state index contributed by atoms with van der Waals surface area (Å²) in [5.74, 6) is -0.486. The minimum absolute atomic E-state index is 0.146. The van der Waals surface area contributed by atoms with Gasteiger partial charge in [0, 0.05) is 89.2 Å². The zero-order chi connectivity index (χ0) is 44.7. The van der Waals surface area contributed by atoms with E-state index in [1.807, 2.05) is 30.3 Å². The second-order valence-electron chi connectivity index (χ2n) is 17.6. The Morgan fingerprint density at radius 3 is 2.42 bits per heavy atom. The number of anilines is 4. The molecule has 4 fully saturated rings. The highest BCUT2D eigenvalue weighted by molar-refractivity contribution is 6.00. The fourth-order valence-electron chi connectivity index (χ4n) is 9.54. The van der Waals surface area contributed by atoms with Gasteiger partial charge < -0.3 is 20.9 Å². The number of amides is 3. The first-order chi connectivity index (χ1) is 31.4. The molecule has 4 N–H and O–H groups in total. The van der Waals surface area contributed by atoms with Crippen LogP contribution in [-0.2, 0) is 23.2 Å². The lowest BCUT2D eigenvalue weighted by molar-refractivity contribution is -0.135. The molecule has 4 aliphatic rings. The Bertz CT molecular complexity index is 3200. The van der Waals surface area contributed by atoms with Crippen LogP contribution in [0.4, 0.5) is 27.3 Å². The Kier molecular flexibility index (Phi) is 9.42. The van der Waals surface area contributed by atoms with Crippen LogP contribution in [0.25, 0.3) is 33.6 Å². The van der Waals surface area contributed by atoms with E-state index in [2.05, 4.69) is 70.4 Å². The second kappa shape index (κ2) is 15.3. The Morgan fingerprint density at radius 1 is 0.908 bits per heavy atom. The van der Waals surface area contributed by atoms with Crippen molar-refractivity contribution < 1.29 is 18.8 Å². The number of imidazole rings is 2. The maximum atomic E-state index is 13.7. The Morgan fingerprint density at radius 2 is 1.69 bits per heavy atom. The predicted octanol–water partition coefficient (Wildman–Crippen LogP) is 3.52. The molecule has 18 nitrogen and oxygen atoms in total. The van der Waals surface area contributed by atoms with Crippen LogP contribution in [0, 0.1) is 5.41 Å². The number of aromatic nitrogens is 7. The predicted molar refractivity (Wildman–Crippen MR) is 240 cm³/mol. The molecule has 1 saturated carbocycles. The van der Waals surface area contributed by atoms with Crippen LogP contribution >= 0.6 is 0 Å². The number of carbonyl (C=O) groups is 3. The van der Waals surface area contributed by atoms with E-state index < -0.39 is 30.1 Å². The normalized spacial score (nSPS) is 20.1. The third-order valence-electron chi connectivity index (χ3n) is 13.0. The van der Waals surface area contributed by atoms with Gasteiger partial charge in [-0.25, -0.2) is 23.7 Å². The molecule has 3 aliphatic heterocycles. The molecule has 1 spiro atoms. The maximum Gasteiger partial charge on any atom is 0.329 e. The van der Waals surface area contributed by atoms with Gasteiger partial charge in [0.05, 0.1) is 29.0 Å². The molecule has 65 heavy (non-hydrogen) atoms. The van der Waals surface area contributed by atoms with Crippen molar-refractivity contribution in [3.8, 4) is 16.9 Å². The summed E-state index contributed by atoms with van der Waals surface area (Å²) in [6.45, 7) is 4.64. The number of halogens is 1. The SMILES string of the molecule is CNc1cc(Nc2cccn(-c3ccc(CN4CC5(C4)CN(c4ccc(-c6ccc7c(c6)n(C)c(=O)n7C6CCC(=O)NC6=O)cc4)C5)cn3)c2=O)nn2c(C(=O)N[C@@H]3C[C@@H]3F)cnc12. The average Bonchev–Trinajstić information content (AvgIpc) is 3.69. The number of carbonyl (C=O) groups excluding carboxylic acids is 3.